The van der Waals surface area contributed by atoms with Gasteiger partial charge in [0.05, 0.1) is 0 Å². The highest BCUT2D eigenvalue weighted by atomic mass is 32.2. The van der Waals surface area contributed by atoms with Crippen molar-refractivity contribution >= 4 is 23.6 Å². The predicted octanol–water partition coefficient (Wildman–Crippen LogP) is 1.25. The smallest absolute Gasteiger partial charge is 0.245 e. The second-order valence-corrected chi connectivity index (χ2v) is 6.69. The Balaban J connectivity index is 2.24. The van der Waals surface area contributed by atoms with Gasteiger partial charge in [0.1, 0.15) is 12.1 Å². The summed E-state index contributed by atoms with van der Waals surface area (Å²) in [6.45, 7) is 5.80. The number of carbonyl (C=O) groups excluding carboxylic acids is 2. The maximum atomic E-state index is 12.4. The largest absolute Gasteiger partial charge is 0.343 e. The number of nitrogens with zero attached hydrogens (tertiary/aromatic N) is 1. The van der Waals surface area contributed by atoms with E-state index in [0.29, 0.717) is 0 Å². The highest BCUT2D eigenvalue weighted by molar-refractivity contribution is 7.99. The van der Waals surface area contributed by atoms with Crippen LogP contribution in [0.25, 0.3) is 0 Å². The van der Waals surface area contributed by atoms with Gasteiger partial charge in [-0.2, -0.15) is 11.8 Å². The van der Waals surface area contributed by atoms with E-state index in [-0.39, 0.29) is 35.9 Å². The van der Waals surface area contributed by atoms with Crippen LogP contribution >= 0.6 is 11.8 Å². The highest BCUT2D eigenvalue weighted by Gasteiger charge is 2.43. The van der Waals surface area contributed by atoms with Gasteiger partial charge in [0.2, 0.25) is 11.8 Å². The molecule has 0 aromatic carbocycles. The van der Waals surface area contributed by atoms with E-state index in [1.807, 2.05) is 30.5 Å². The highest BCUT2D eigenvalue weighted by Crippen LogP contribution is 2.28. The summed E-state index contributed by atoms with van der Waals surface area (Å²) in [6.07, 6.45) is 2.17. The Morgan fingerprint density at radius 2 is 2.11 bits per heavy atom. The van der Waals surface area contributed by atoms with E-state index in [1.165, 1.54) is 5.75 Å². The zero-order valence-electron chi connectivity index (χ0n) is 11.3. The van der Waals surface area contributed by atoms with E-state index >= 15 is 0 Å². The minimum Gasteiger partial charge on any atom is -0.343 e. The standard InChI is InChI=1S/C13H22N2O2S/c1-8(2)11-12(16)14-9(3)13(17)15(11)10-5-4-6-18-7-10/h8-11H,4-7H2,1-3H3,(H,14,16). The molecule has 4 nitrogen and oxygen atoms in total. The summed E-state index contributed by atoms with van der Waals surface area (Å²) in [6, 6.07) is -0.436. The molecule has 102 valence electrons. The summed E-state index contributed by atoms with van der Waals surface area (Å²) >= 11 is 1.89. The molecule has 3 unspecified atom stereocenters. The van der Waals surface area contributed by atoms with Gasteiger partial charge in [-0.15, -0.1) is 0 Å². The third-order valence-electron chi connectivity index (χ3n) is 3.71. The number of thioether (sulfide) groups is 1. The first-order valence-corrected chi connectivity index (χ1v) is 7.88. The van der Waals surface area contributed by atoms with Gasteiger partial charge >= 0.3 is 0 Å². The van der Waals surface area contributed by atoms with Crippen molar-refractivity contribution in [1.29, 1.82) is 0 Å². The lowest BCUT2D eigenvalue weighted by atomic mass is 9.94. The number of piperazine rings is 1. The van der Waals surface area contributed by atoms with Gasteiger partial charge in [-0.3, -0.25) is 9.59 Å². The normalized spacial score (nSPS) is 33.8. The number of carbonyl (C=O) groups is 2. The summed E-state index contributed by atoms with van der Waals surface area (Å²) in [5.41, 5.74) is 0. The maximum Gasteiger partial charge on any atom is 0.245 e. The molecule has 0 spiro atoms. The SMILES string of the molecule is CC1NC(=O)C(C(C)C)N(C2CCCSC2)C1=O. The number of amides is 2. The summed E-state index contributed by atoms with van der Waals surface area (Å²) in [5, 5.41) is 2.79. The van der Waals surface area contributed by atoms with Crippen LogP contribution in [0.3, 0.4) is 0 Å². The third kappa shape index (κ3) is 2.51. The van der Waals surface area contributed by atoms with Gasteiger partial charge < -0.3 is 10.2 Å². The first-order valence-electron chi connectivity index (χ1n) is 6.72. The van der Waals surface area contributed by atoms with E-state index in [1.54, 1.807) is 6.92 Å². The second-order valence-electron chi connectivity index (χ2n) is 5.54. The molecule has 2 amide bonds. The topological polar surface area (TPSA) is 49.4 Å². The molecule has 2 heterocycles. The summed E-state index contributed by atoms with van der Waals surface area (Å²) < 4.78 is 0. The summed E-state index contributed by atoms with van der Waals surface area (Å²) in [5.74, 6) is 2.39. The molecule has 2 aliphatic heterocycles. The van der Waals surface area contributed by atoms with Gasteiger partial charge in [-0.1, -0.05) is 13.8 Å². The molecule has 1 N–H and O–H groups in total. The van der Waals surface area contributed by atoms with Crippen molar-refractivity contribution in [2.75, 3.05) is 11.5 Å². The predicted molar refractivity (Wildman–Crippen MR) is 73.4 cm³/mol. The number of hydrogen-bond acceptors (Lipinski definition) is 3. The second kappa shape index (κ2) is 5.51. The lowest BCUT2D eigenvalue weighted by Crippen LogP contribution is -2.67. The molecule has 2 rings (SSSR count). The van der Waals surface area contributed by atoms with Gasteiger partial charge in [0, 0.05) is 11.8 Å². The van der Waals surface area contributed by atoms with Crippen LogP contribution in [0.15, 0.2) is 0 Å². The van der Waals surface area contributed by atoms with Crippen molar-refractivity contribution in [3.05, 3.63) is 0 Å². The molecule has 0 radical (unpaired) electrons. The molecule has 5 heteroatoms. The Morgan fingerprint density at radius 3 is 2.67 bits per heavy atom. The van der Waals surface area contributed by atoms with Gasteiger partial charge in [-0.25, -0.2) is 0 Å². The average Bonchev–Trinajstić information content (AvgIpc) is 2.34. The summed E-state index contributed by atoms with van der Waals surface area (Å²) in [4.78, 5) is 26.4. The molecule has 0 aromatic rings. The Bertz CT molecular complexity index is 340. The molecule has 0 saturated carbocycles. The quantitative estimate of drug-likeness (QED) is 0.821. The minimum atomic E-state index is -0.376. The Morgan fingerprint density at radius 1 is 1.39 bits per heavy atom. The van der Waals surface area contributed by atoms with E-state index in [9.17, 15) is 9.59 Å². The van der Waals surface area contributed by atoms with Crippen molar-refractivity contribution < 1.29 is 9.59 Å². The first kappa shape index (κ1) is 13.7. The van der Waals surface area contributed by atoms with E-state index < -0.39 is 0 Å². The molecule has 18 heavy (non-hydrogen) atoms. The zero-order chi connectivity index (χ0) is 13.3. The number of rotatable bonds is 2. The number of nitrogens with one attached hydrogen (secondary N) is 1. The van der Waals surface area contributed by atoms with E-state index in [4.69, 9.17) is 0 Å². The van der Waals surface area contributed by atoms with Crippen LogP contribution in [0.1, 0.15) is 33.6 Å². The Kier molecular flexibility index (Phi) is 4.20. The molecule has 3 atom stereocenters. The fourth-order valence-corrected chi connectivity index (χ4v) is 3.96. The first-order chi connectivity index (χ1) is 8.52. The van der Waals surface area contributed by atoms with Crippen LogP contribution in [0.4, 0.5) is 0 Å². The van der Waals surface area contributed by atoms with Crippen LogP contribution in [0, 0.1) is 5.92 Å². The molecule has 0 bridgehead atoms. The van der Waals surface area contributed by atoms with Gasteiger partial charge in [0.15, 0.2) is 0 Å². The van der Waals surface area contributed by atoms with Crippen LogP contribution in [-0.4, -0.2) is 46.3 Å². The third-order valence-corrected chi connectivity index (χ3v) is 4.91. The van der Waals surface area contributed by atoms with E-state index in [2.05, 4.69) is 5.32 Å². The van der Waals surface area contributed by atoms with Crippen molar-refractivity contribution in [2.24, 2.45) is 5.92 Å². The van der Waals surface area contributed by atoms with Gasteiger partial charge in [0.25, 0.3) is 0 Å². The molecule has 0 aliphatic carbocycles. The Labute approximate surface area is 113 Å². The van der Waals surface area contributed by atoms with Crippen LogP contribution in [0.2, 0.25) is 0 Å². The molecule has 2 aliphatic rings. The van der Waals surface area contributed by atoms with Crippen LogP contribution in [-0.2, 0) is 9.59 Å². The minimum absolute atomic E-state index is 0.00711. The van der Waals surface area contributed by atoms with Crippen molar-refractivity contribution in [3.63, 3.8) is 0 Å². The van der Waals surface area contributed by atoms with Crippen LogP contribution < -0.4 is 5.32 Å². The fraction of sp³-hybridized carbons (Fsp3) is 0.846. The monoisotopic (exact) mass is 270 g/mol. The molecule has 2 saturated heterocycles. The maximum absolute atomic E-state index is 12.4. The molecule has 0 aromatic heterocycles. The zero-order valence-corrected chi connectivity index (χ0v) is 12.1. The molecular formula is C13H22N2O2S. The van der Waals surface area contributed by atoms with Crippen molar-refractivity contribution in [3.8, 4) is 0 Å². The van der Waals surface area contributed by atoms with Crippen molar-refractivity contribution in [1.82, 2.24) is 10.2 Å². The summed E-state index contributed by atoms with van der Waals surface area (Å²) in [7, 11) is 0. The number of hydrogen-bond donors (Lipinski definition) is 1. The van der Waals surface area contributed by atoms with E-state index in [0.717, 1.165) is 18.6 Å². The Hall–Kier alpha value is -0.710. The lowest BCUT2D eigenvalue weighted by Gasteiger charge is -2.45. The fourth-order valence-electron chi connectivity index (χ4n) is 2.82. The lowest BCUT2D eigenvalue weighted by molar-refractivity contribution is -0.153. The molecular weight excluding hydrogens is 248 g/mol. The van der Waals surface area contributed by atoms with Crippen molar-refractivity contribution in [2.45, 2.75) is 51.7 Å². The van der Waals surface area contributed by atoms with Crippen LogP contribution in [0.5, 0.6) is 0 Å². The average molecular weight is 270 g/mol. The van der Waals surface area contributed by atoms with Gasteiger partial charge in [-0.05, 0) is 31.4 Å². The molecule has 2 fully saturated rings.